The smallest absolute Gasteiger partial charge is 0.261 e. The zero-order chi connectivity index (χ0) is 16.3. The fraction of sp³-hybridized carbons (Fsp3) is 0.0714. The van der Waals surface area contributed by atoms with Gasteiger partial charge in [0.05, 0.1) is 4.90 Å². The molecule has 1 amide bonds. The number of halogens is 2. The molecular formula is C14H12F2N2O3S. The average molecular weight is 326 g/mol. The summed E-state index contributed by atoms with van der Waals surface area (Å²) in [5.74, 6) is -2.92. The zero-order valence-corrected chi connectivity index (χ0v) is 12.2. The highest BCUT2D eigenvalue weighted by atomic mass is 32.2. The summed E-state index contributed by atoms with van der Waals surface area (Å²) in [4.78, 5) is 11.9. The van der Waals surface area contributed by atoms with Crippen molar-refractivity contribution in [3.05, 3.63) is 59.7 Å². The number of carbonyl (C=O) groups is 1. The van der Waals surface area contributed by atoms with Crippen molar-refractivity contribution in [2.45, 2.75) is 4.90 Å². The molecule has 0 aliphatic rings. The summed E-state index contributed by atoms with van der Waals surface area (Å²) in [6.07, 6.45) is 0. The number of hydrogen-bond acceptors (Lipinski definition) is 3. The molecule has 22 heavy (non-hydrogen) atoms. The minimum atomic E-state index is -3.59. The molecule has 0 unspecified atom stereocenters. The molecule has 116 valence electrons. The highest BCUT2D eigenvalue weighted by Crippen LogP contribution is 2.17. The molecule has 0 aliphatic carbocycles. The molecule has 0 saturated carbocycles. The van der Waals surface area contributed by atoms with Gasteiger partial charge in [-0.3, -0.25) is 4.79 Å². The SMILES string of the molecule is CNS(=O)(=O)c1ccc(NC(=O)c2c(F)cccc2F)cc1. The lowest BCUT2D eigenvalue weighted by Crippen LogP contribution is -2.19. The van der Waals surface area contributed by atoms with E-state index in [1.54, 1.807) is 0 Å². The molecule has 5 nitrogen and oxygen atoms in total. The third kappa shape index (κ3) is 3.29. The molecule has 2 N–H and O–H groups in total. The van der Waals surface area contributed by atoms with Crippen molar-refractivity contribution in [3.63, 3.8) is 0 Å². The largest absolute Gasteiger partial charge is 0.322 e. The molecule has 2 aromatic rings. The number of carbonyl (C=O) groups excluding carboxylic acids is 1. The molecule has 0 fully saturated rings. The van der Waals surface area contributed by atoms with Gasteiger partial charge in [0, 0.05) is 5.69 Å². The number of rotatable bonds is 4. The maximum atomic E-state index is 13.5. The Labute approximate surface area is 126 Å². The first-order valence-electron chi connectivity index (χ1n) is 6.14. The maximum Gasteiger partial charge on any atom is 0.261 e. The summed E-state index contributed by atoms with van der Waals surface area (Å²) in [6, 6.07) is 8.26. The van der Waals surface area contributed by atoms with Crippen LogP contribution in [0.4, 0.5) is 14.5 Å². The number of benzene rings is 2. The van der Waals surface area contributed by atoms with E-state index in [9.17, 15) is 22.0 Å². The van der Waals surface area contributed by atoms with E-state index in [4.69, 9.17) is 0 Å². The van der Waals surface area contributed by atoms with Gasteiger partial charge in [0.15, 0.2) is 0 Å². The summed E-state index contributed by atoms with van der Waals surface area (Å²) in [7, 11) is -2.32. The molecule has 0 bridgehead atoms. The summed E-state index contributed by atoms with van der Waals surface area (Å²) in [5.41, 5.74) is -0.489. The van der Waals surface area contributed by atoms with Gasteiger partial charge in [-0.15, -0.1) is 0 Å². The van der Waals surface area contributed by atoms with Crippen LogP contribution >= 0.6 is 0 Å². The predicted octanol–water partition coefficient (Wildman–Crippen LogP) is 2.13. The first-order chi connectivity index (χ1) is 10.3. The van der Waals surface area contributed by atoms with E-state index in [0.29, 0.717) is 0 Å². The van der Waals surface area contributed by atoms with Gasteiger partial charge in [-0.25, -0.2) is 21.9 Å². The van der Waals surface area contributed by atoms with E-state index in [-0.39, 0.29) is 10.6 Å². The van der Waals surface area contributed by atoms with Crippen molar-refractivity contribution in [1.29, 1.82) is 0 Å². The van der Waals surface area contributed by atoms with Crippen molar-refractivity contribution in [2.24, 2.45) is 0 Å². The highest BCUT2D eigenvalue weighted by molar-refractivity contribution is 7.89. The van der Waals surface area contributed by atoms with E-state index < -0.39 is 33.1 Å². The minimum Gasteiger partial charge on any atom is -0.322 e. The zero-order valence-electron chi connectivity index (χ0n) is 11.4. The molecule has 2 rings (SSSR count). The number of nitrogens with one attached hydrogen (secondary N) is 2. The van der Waals surface area contributed by atoms with Crippen LogP contribution in [-0.2, 0) is 10.0 Å². The van der Waals surface area contributed by atoms with Gasteiger partial charge in [-0.05, 0) is 43.4 Å². The van der Waals surface area contributed by atoms with Crippen LogP contribution < -0.4 is 10.0 Å². The molecule has 0 aliphatic heterocycles. The van der Waals surface area contributed by atoms with Crippen molar-refractivity contribution >= 4 is 21.6 Å². The second kappa shape index (κ2) is 6.20. The third-order valence-electron chi connectivity index (χ3n) is 2.88. The lowest BCUT2D eigenvalue weighted by Gasteiger charge is -2.08. The number of anilines is 1. The Kier molecular flexibility index (Phi) is 4.53. The summed E-state index contributed by atoms with van der Waals surface area (Å²) in [5, 5.41) is 2.30. The lowest BCUT2D eigenvalue weighted by atomic mass is 10.2. The fourth-order valence-corrected chi connectivity index (χ4v) is 2.47. The summed E-state index contributed by atoms with van der Waals surface area (Å²) >= 11 is 0. The normalized spacial score (nSPS) is 11.2. The molecule has 8 heteroatoms. The molecule has 0 spiro atoms. The van der Waals surface area contributed by atoms with Crippen molar-refractivity contribution in [1.82, 2.24) is 4.72 Å². The lowest BCUT2D eigenvalue weighted by molar-refractivity contribution is 0.101. The van der Waals surface area contributed by atoms with Crippen LogP contribution in [0.2, 0.25) is 0 Å². The van der Waals surface area contributed by atoms with Crippen LogP contribution in [0, 0.1) is 11.6 Å². The first-order valence-corrected chi connectivity index (χ1v) is 7.62. The Hall–Kier alpha value is -2.32. The van der Waals surface area contributed by atoms with Gasteiger partial charge in [-0.2, -0.15) is 0 Å². The molecule has 2 aromatic carbocycles. The Morgan fingerprint density at radius 3 is 2.05 bits per heavy atom. The number of amides is 1. The Morgan fingerprint density at radius 2 is 1.55 bits per heavy atom. The Morgan fingerprint density at radius 1 is 1.00 bits per heavy atom. The van der Waals surface area contributed by atoms with Gasteiger partial charge >= 0.3 is 0 Å². The van der Waals surface area contributed by atoms with Gasteiger partial charge in [0.1, 0.15) is 17.2 Å². The fourth-order valence-electron chi connectivity index (χ4n) is 1.74. The quantitative estimate of drug-likeness (QED) is 0.904. The standard InChI is InChI=1S/C14H12F2N2O3S/c1-17-22(20,21)10-7-5-9(6-8-10)18-14(19)13-11(15)3-2-4-12(13)16/h2-8,17H,1H3,(H,18,19). The van der Waals surface area contributed by atoms with Crippen LogP contribution in [0.15, 0.2) is 47.4 Å². The summed E-state index contributed by atoms with van der Waals surface area (Å²) in [6.45, 7) is 0. The highest BCUT2D eigenvalue weighted by Gasteiger charge is 2.17. The van der Waals surface area contributed by atoms with E-state index >= 15 is 0 Å². The molecule has 0 aromatic heterocycles. The maximum absolute atomic E-state index is 13.5. The van der Waals surface area contributed by atoms with Gasteiger partial charge in [0.25, 0.3) is 5.91 Å². The first kappa shape index (κ1) is 16.1. The van der Waals surface area contributed by atoms with Crippen LogP contribution in [0.5, 0.6) is 0 Å². The average Bonchev–Trinajstić information content (AvgIpc) is 2.47. The van der Waals surface area contributed by atoms with Crippen molar-refractivity contribution in [2.75, 3.05) is 12.4 Å². The molecule has 0 saturated heterocycles. The van der Waals surface area contributed by atoms with Crippen molar-refractivity contribution in [3.8, 4) is 0 Å². The van der Waals surface area contributed by atoms with Crippen LogP contribution in [0.25, 0.3) is 0 Å². The van der Waals surface area contributed by atoms with E-state index in [1.807, 2.05) is 0 Å². The topological polar surface area (TPSA) is 75.3 Å². The van der Waals surface area contributed by atoms with Gasteiger partial charge < -0.3 is 5.32 Å². The second-order valence-corrected chi connectivity index (χ2v) is 6.17. The molecular weight excluding hydrogens is 314 g/mol. The third-order valence-corrected chi connectivity index (χ3v) is 4.31. The van der Waals surface area contributed by atoms with E-state index in [2.05, 4.69) is 10.0 Å². The van der Waals surface area contributed by atoms with E-state index in [0.717, 1.165) is 18.2 Å². The summed E-state index contributed by atoms with van der Waals surface area (Å²) < 4.78 is 52.2. The molecule has 0 radical (unpaired) electrons. The van der Waals surface area contributed by atoms with E-state index in [1.165, 1.54) is 31.3 Å². The van der Waals surface area contributed by atoms with Crippen LogP contribution in [0.3, 0.4) is 0 Å². The predicted molar refractivity (Wildman–Crippen MR) is 77.0 cm³/mol. The Bertz CT molecular complexity index is 785. The van der Waals surface area contributed by atoms with Crippen LogP contribution in [0.1, 0.15) is 10.4 Å². The van der Waals surface area contributed by atoms with Gasteiger partial charge in [-0.1, -0.05) is 6.07 Å². The van der Waals surface area contributed by atoms with Gasteiger partial charge in [0.2, 0.25) is 10.0 Å². The number of hydrogen-bond donors (Lipinski definition) is 2. The Balaban J connectivity index is 2.23. The van der Waals surface area contributed by atoms with Crippen molar-refractivity contribution < 1.29 is 22.0 Å². The monoisotopic (exact) mass is 326 g/mol. The number of sulfonamides is 1. The molecule has 0 atom stereocenters. The minimum absolute atomic E-state index is 0.00470. The molecule has 0 heterocycles. The second-order valence-electron chi connectivity index (χ2n) is 4.28. The van der Waals surface area contributed by atoms with Crippen LogP contribution in [-0.4, -0.2) is 21.4 Å².